The third-order valence-corrected chi connectivity index (χ3v) is 4.54. The SMILES string of the molecule is C=CCC(C=O)(c1ccc(Cl)c(Cl)c1)C(NC(=O)O)C(C)(C)C. The first kappa shape index (κ1) is 19.5. The number of allylic oxidation sites excluding steroid dienone is 1. The lowest BCUT2D eigenvalue weighted by molar-refractivity contribution is -0.114. The smallest absolute Gasteiger partial charge is 0.404 e. The van der Waals surface area contributed by atoms with Crippen LogP contribution >= 0.6 is 23.2 Å². The van der Waals surface area contributed by atoms with Crippen LogP contribution in [0.3, 0.4) is 0 Å². The van der Waals surface area contributed by atoms with Crippen LogP contribution in [0.2, 0.25) is 10.0 Å². The van der Waals surface area contributed by atoms with Crippen molar-refractivity contribution in [1.29, 1.82) is 0 Å². The number of hydrogen-bond donors (Lipinski definition) is 2. The summed E-state index contributed by atoms with van der Waals surface area (Å²) in [5.41, 5.74) is -1.06. The van der Waals surface area contributed by atoms with Crippen molar-refractivity contribution in [2.75, 3.05) is 0 Å². The Morgan fingerprint density at radius 2 is 1.96 bits per heavy atom. The first-order chi connectivity index (χ1) is 10.6. The molecule has 1 aromatic carbocycles. The van der Waals surface area contributed by atoms with Crippen LogP contribution in [0.5, 0.6) is 0 Å². The molecule has 1 amide bonds. The maximum absolute atomic E-state index is 12.1. The second kappa shape index (κ2) is 7.37. The van der Waals surface area contributed by atoms with Crippen LogP contribution in [0, 0.1) is 5.41 Å². The van der Waals surface area contributed by atoms with Crippen LogP contribution in [-0.2, 0) is 10.2 Å². The fraction of sp³-hybridized carbons (Fsp3) is 0.412. The largest absolute Gasteiger partial charge is 0.465 e. The van der Waals surface area contributed by atoms with Crippen LogP contribution in [0.4, 0.5) is 4.79 Å². The van der Waals surface area contributed by atoms with Crippen molar-refractivity contribution in [2.45, 2.75) is 38.6 Å². The van der Waals surface area contributed by atoms with Crippen molar-refractivity contribution in [2.24, 2.45) is 5.41 Å². The zero-order valence-electron chi connectivity index (χ0n) is 13.4. The van der Waals surface area contributed by atoms with Gasteiger partial charge in [-0.15, -0.1) is 6.58 Å². The molecule has 0 saturated carbocycles. The number of benzene rings is 1. The van der Waals surface area contributed by atoms with E-state index in [0.29, 0.717) is 15.6 Å². The van der Waals surface area contributed by atoms with Crippen LogP contribution in [-0.4, -0.2) is 23.5 Å². The molecule has 2 atom stereocenters. The summed E-state index contributed by atoms with van der Waals surface area (Å²) in [6.07, 6.45) is 1.43. The minimum Gasteiger partial charge on any atom is -0.465 e. The molecule has 0 aliphatic rings. The summed E-state index contributed by atoms with van der Waals surface area (Å²) in [6.45, 7) is 9.31. The lowest BCUT2D eigenvalue weighted by Gasteiger charge is -2.43. The third-order valence-electron chi connectivity index (χ3n) is 3.80. The molecular weight excluding hydrogens is 337 g/mol. The minimum atomic E-state index is -1.19. The van der Waals surface area contributed by atoms with Gasteiger partial charge in [-0.1, -0.05) is 56.1 Å². The normalized spacial score (nSPS) is 15.3. The van der Waals surface area contributed by atoms with Gasteiger partial charge in [0.25, 0.3) is 0 Å². The molecule has 0 aliphatic heterocycles. The second-order valence-corrected chi connectivity index (χ2v) is 7.34. The molecule has 0 aliphatic carbocycles. The minimum absolute atomic E-state index is 0.261. The Kier molecular flexibility index (Phi) is 6.25. The van der Waals surface area contributed by atoms with Crippen molar-refractivity contribution in [3.63, 3.8) is 0 Å². The summed E-state index contributed by atoms with van der Waals surface area (Å²) in [4.78, 5) is 23.4. The van der Waals surface area contributed by atoms with Crippen LogP contribution in [0.1, 0.15) is 32.8 Å². The molecular formula is C17H21Cl2NO3. The summed E-state index contributed by atoms with van der Waals surface area (Å²) in [5.74, 6) is 0. The number of amides is 1. The quantitative estimate of drug-likeness (QED) is 0.573. The molecule has 0 aromatic heterocycles. The Bertz CT molecular complexity index is 610. The van der Waals surface area contributed by atoms with E-state index in [2.05, 4.69) is 11.9 Å². The maximum atomic E-state index is 12.1. The van der Waals surface area contributed by atoms with Gasteiger partial charge in [0, 0.05) is 0 Å². The highest BCUT2D eigenvalue weighted by molar-refractivity contribution is 6.42. The van der Waals surface area contributed by atoms with Crippen molar-refractivity contribution in [1.82, 2.24) is 5.32 Å². The number of carbonyl (C=O) groups is 2. The monoisotopic (exact) mass is 357 g/mol. The van der Waals surface area contributed by atoms with Gasteiger partial charge in [-0.25, -0.2) is 4.79 Å². The predicted molar refractivity (Wildman–Crippen MR) is 93.4 cm³/mol. The van der Waals surface area contributed by atoms with Crippen molar-refractivity contribution < 1.29 is 14.7 Å². The Morgan fingerprint density at radius 1 is 1.35 bits per heavy atom. The van der Waals surface area contributed by atoms with E-state index in [1.165, 1.54) is 0 Å². The summed E-state index contributed by atoms with van der Waals surface area (Å²) in [5, 5.41) is 12.4. The molecule has 23 heavy (non-hydrogen) atoms. The zero-order valence-corrected chi connectivity index (χ0v) is 14.9. The van der Waals surface area contributed by atoms with Gasteiger partial charge in [-0.05, 0) is 29.5 Å². The average molecular weight is 358 g/mol. The molecule has 0 spiro atoms. The molecule has 0 bridgehead atoms. The lowest BCUT2D eigenvalue weighted by Crippen LogP contribution is -2.57. The molecule has 0 radical (unpaired) electrons. The van der Waals surface area contributed by atoms with Crippen molar-refractivity contribution in [3.05, 3.63) is 46.5 Å². The van der Waals surface area contributed by atoms with Gasteiger partial charge < -0.3 is 15.2 Å². The van der Waals surface area contributed by atoms with Crippen LogP contribution < -0.4 is 5.32 Å². The van der Waals surface area contributed by atoms with Gasteiger partial charge in [-0.2, -0.15) is 0 Å². The average Bonchev–Trinajstić information content (AvgIpc) is 2.44. The molecule has 0 heterocycles. The first-order valence-corrected chi connectivity index (χ1v) is 7.86. The third kappa shape index (κ3) is 4.27. The zero-order chi connectivity index (χ0) is 17.8. The van der Waals surface area contributed by atoms with E-state index in [9.17, 15) is 14.7 Å². The van der Waals surface area contributed by atoms with Gasteiger partial charge in [-0.3, -0.25) is 0 Å². The molecule has 126 valence electrons. The van der Waals surface area contributed by atoms with Gasteiger partial charge in [0.1, 0.15) is 6.29 Å². The number of nitrogens with one attached hydrogen (secondary N) is 1. The summed E-state index contributed by atoms with van der Waals surface area (Å²) in [7, 11) is 0. The number of rotatable bonds is 6. The molecule has 6 heteroatoms. The van der Waals surface area contributed by atoms with Gasteiger partial charge >= 0.3 is 6.09 Å². The Balaban J connectivity index is 3.61. The van der Waals surface area contributed by atoms with E-state index in [4.69, 9.17) is 23.2 Å². The Labute approximate surface area is 146 Å². The molecule has 2 N–H and O–H groups in total. The number of carboxylic acid groups (broad SMARTS) is 1. The molecule has 0 saturated heterocycles. The van der Waals surface area contributed by atoms with E-state index in [-0.39, 0.29) is 6.42 Å². The fourth-order valence-electron chi connectivity index (χ4n) is 2.85. The van der Waals surface area contributed by atoms with E-state index in [1.54, 1.807) is 24.3 Å². The van der Waals surface area contributed by atoms with E-state index in [0.717, 1.165) is 6.29 Å². The molecule has 0 fully saturated rings. The van der Waals surface area contributed by atoms with E-state index in [1.807, 2.05) is 20.8 Å². The number of halogens is 2. The molecule has 1 aromatic rings. The topological polar surface area (TPSA) is 66.4 Å². The highest BCUT2D eigenvalue weighted by Crippen LogP contribution is 2.40. The second-order valence-electron chi connectivity index (χ2n) is 6.53. The number of aldehydes is 1. The lowest BCUT2D eigenvalue weighted by atomic mass is 9.64. The molecule has 2 unspecified atom stereocenters. The Morgan fingerprint density at radius 3 is 2.35 bits per heavy atom. The number of hydrogen-bond acceptors (Lipinski definition) is 2. The predicted octanol–water partition coefficient (Wildman–Crippen LogP) is 4.69. The molecule has 4 nitrogen and oxygen atoms in total. The van der Waals surface area contributed by atoms with Crippen LogP contribution in [0.15, 0.2) is 30.9 Å². The highest BCUT2D eigenvalue weighted by atomic mass is 35.5. The van der Waals surface area contributed by atoms with Crippen molar-refractivity contribution in [3.8, 4) is 0 Å². The summed E-state index contributed by atoms with van der Waals surface area (Å²) >= 11 is 12.0. The van der Waals surface area contributed by atoms with E-state index < -0.39 is 23.0 Å². The molecule has 1 rings (SSSR count). The number of carbonyl (C=O) groups excluding carboxylic acids is 1. The first-order valence-electron chi connectivity index (χ1n) is 7.10. The van der Waals surface area contributed by atoms with Gasteiger partial charge in [0.15, 0.2) is 0 Å². The van der Waals surface area contributed by atoms with Gasteiger partial charge in [0.05, 0.1) is 21.5 Å². The van der Waals surface area contributed by atoms with Crippen molar-refractivity contribution >= 4 is 35.6 Å². The maximum Gasteiger partial charge on any atom is 0.404 e. The van der Waals surface area contributed by atoms with E-state index >= 15 is 0 Å². The summed E-state index contributed by atoms with van der Waals surface area (Å²) < 4.78 is 0. The highest BCUT2D eigenvalue weighted by Gasteiger charge is 2.46. The summed E-state index contributed by atoms with van der Waals surface area (Å²) in [6, 6.07) is 4.21. The standard InChI is InChI=1S/C17H21Cl2NO3/c1-5-8-17(10-21,11-6-7-12(18)13(19)9-11)14(16(2,3)4)20-15(22)23/h5-7,9-10,14,20H,1,8H2,2-4H3,(H,22,23). The van der Waals surface area contributed by atoms with Crippen LogP contribution in [0.25, 0.3) is 0 Å². The fourth-order valence-corrected chi connectivity index (χ4v) is 3.15. The Hall–Kier alpha value is -1.52. The van der Waals surface area contributed by atoms with Gasteiger partial charge in [0.2, 0.25) is 0 Å².